The summed E-state index contributed by atoms with van der Waals surface area (Å²) >= 11 is 0. The average molecular weight is 413 g/mol. The lowest BCUT2D eigenvalue weighted by molar-refractivity contribution is -0.0506. The van der Waals surface area contributed by atoms with Crippen LogP contribution in [0.15, 0.2) is 0 Å². The molecule has 0 aromatic carbocycles. The largest absolute Gasteiger partial charge is 0.373 e. The number of hydrogen-bond acceptors (Lipinski definition) is 4. The van der Waals surface area contributed by atoms with Crippen LogP contribution in [0.1, 0.15) is 110 Å². The predicted molar refractivity (Wildman–Crippen MR) is 120 cm³/mol. The van der Waals surface area contributed by atoms with Gasteiger partial charge in [-0.3, -0.25) is 0 Å². The van der Waals surface area contributed by atoms with E-state index in [9.17, 15) is 0 Å². The normalized spacial score (nSPS) is 26.3. The Balaban J connectivity index is 1.34. The molecule has 0 aromatic heterocycles. The molecule has 2 fully saturated rings. The van der Waals surface area contributed by atoms with Crippen LogP contribution in [0.25, 0.3) is 0 Å². The Morgan fingerprint density at radius 3 is 1.38 bits per heavy atom. The van der Waals surface area contributed by atoms with Gasteiger partial charge in [0.1, 0.15) is 24.4 Å². The summed E-state index contributed by atoms with van der Waals surface area (Å²) in [6, 6.07) is 0. The van der Waals surface area contributed by atoms with Crippen LogP contribution in [0.2, 0.25) is 0 Å². The van der Waals surface area contributed by atoms with Gasteiger partial charge in [-0.15, -0.1) is 0 Å². The Hall–Kier alpha value is -0.160. The molecule has 0 aromatic rings. The van der Waals surface area contributed by atoms with Gasteiger partial charge in [0, 0.05) is 13.2 Å². The van der Waals surface area contributed by atoms with Crippen LogP contribution in [-0.2, 0) is 18.9 Å². The predicted octanol–water partition coefficient (Wildman–Crippen LogP) is 6.45. The van der Waals surface area contributed by atoms with Gasteiger partial charge in [0.05, 0.1) is 13.2 Å². The molecule has 0 radical (unpaired) electrons. The zero-order chi connectivity index (χ0) is 20.6. The topological polar surface area (TPSA) is 36.9 Å². The number of hydrogen-bond donors (Lipinski definition) is 0. The van der Waals surface area contributed by atoms with E-state index >= 15 is 0 Å². The number of unbranched alkanes of at least 4 members (excludes halogenated alkanes) is 13. The highest BCUT2D eigenvalue weighted by molar-refractivity contribution is 4.95. The molecular formula is C25H48O4. The van der Waals surface area contributed by atoms with Gasteiger partial charge in [0.15, 0.2) is 0 Å². The van der Waals surface area contributed by atoms with Crippen molar-refractivity contribution in [3.63, 3.8) is 0 Å². The molecule has 0 spiro atoms. The molecule has 0 aliphatic carbocycles. The molecule has 4 heteroatoms. The molecule has 2 aliphatic heterocycles. The van der Waals surface area contributed by atoms with Crippen molar-refractivity contribution in [3.05, 3.63) is 0 Å². The van der Waals surface area contributed by atoms with Gasteiger partial charge < -0.3 is 18.9 Å². The smallest absolute Gasteiger partial charge is 0.115 e. The van der Waals surface area contributed by atoms with E-state index in [1.165, 1.54) is 83.5 Å². The van der Waals surface area contributed by atoms with Crippen molar-refractivity contribution in [3.8, 4) is 0 Å². The third-order valence-corrected chi connectivity index (χ3v) is 6.33. The van der Waals surface area contributed by atoms with E-state index < -0.39 is 0 Å². The number of rotatable bonds is 19. The fourth-order valence-electron chi connectivity index (χ4n) is 4.52. The van der Waals surface area contributed by atoms with E-state index in [0.717, 1.165) is 26.1 Å². The molecule has 0 saturated carbocycles. The molecule has 4 atom stereocenters. The molecule has 0 bridgehead atoms. The number of fused-ring (bicyclic) bond motifs is 1. The van der Waals surface area contributed by atoms with Crippen LogP contribution < -0.4 is 0 Å². The van der Waals surface area contributed by atoms with Crippen LogP contribution in [0.5, 0.6) is 0 Å². The Morgan fingerprint density at radius 2 is 0.931 bits per heavy atom. The van der Waals surface area contributed by atoms with Crippen molar-refractivity contribution in [1.82, 2.24) is 0 Å². The SMILES string of the molecule is CCCCCCCCCCCCCCCCO[C@@H]1CO[C@H]2C1OC[C@H]2OCCC. The van der Waals surface area contributed by atoms with Crippen molar-refractivity contribution in [2.75, 3.05) is 26.4 Å². The number of ether oxygens (including phenoxy) is 4. The lowest BCUT2D eigenvalue weighted by atomic mass is 10.0. The molecular weight excluding hydrogens is 364 g/mol. The van der Waals surface area contributed by atoms with Gasteiger partial charge in [-0.1, -0.05) is 97.3 Å². The lowest BCUT2D eigenvalue weighted by Gasteiger charge is -2.17. The molecule has 0 amide bonds. The maximum absolute atomic E-state index is 6.07. The summed E-state index contributed by atoms with van der Waals surface area (Å²) in [5.74, 6) is 0. The molecule has 4 nitrogen and oxygen atoms in total. The average Bonchev–Trinajstić information content (AvgIpc) is 3.32. The summed E-state index contributed by atoms with van der Waals surface area (Å²) in [5.41, 5.74) is 0. The summed E-state index contributed by atoms with van der Waals surface area (Å²) in [7, 11) is 0. The molecule has 0 N–H and O–H groups in total. The first-order valence-corrected chi connectivity index (χ1v) is 12.8. The van der Waals surface area contributed by atoms with Gasteiger partial charge in [0.25, 0.3) is 0 Å². The van der Waals surface area contributed by atoms with E-state index in [-0.39, 0.29) is 24.4 Å². The van der Waals surface area contributed by atoms with Crippen LogP contribution in [0.3, 0.4) is 0 Å². The van der Waals surface area contributed by atoms with Crippen molar-refractivity contribution in [2.45, 2.75) is 135 Å². The first-order chi connectivity index (χ1) is 14.4. The van der Waals surface area contributed by atoms with Gasteiger partial charge in [0.2, 0.25) is 0 Å². The molecule has 2 rings (SSSR count). The van der Waals surface area contributed by atoms with Crippen LogP contribution in [0.4, 0.5) is 0 Å². The third kappa shape index (κ3) is 10.1. The fourth-order valence-corrected chi connectivity index (χ4v) is 4.52. The molecule has 1 unspecified atom stereocenters. The molecule has 2 aliphatic rings. The quantitative estimate of drug-likeness (QED) is 0.229. The van der Waals surface area contributed by atoms with Crippen molar-refractivity contribution in [2.24, 2.45) is 0 Å². The van der Waals surface area contributed by atoms with Crippen molar-refractivity contribution >= 4 is 0 Å². The standard InChI is InChI=1S/C25H48O4/c1-3-5-6-7-8-9-10-11-12-13-14-15-16-17-19-27-23-21-29-24-22(26-18-4-2)20-28-25(23)24/h22-25H,3-21H2,1-2H3/t22-,23-,24-,25?/m1/s1. The summed E-state index contributed by atoms with van der Waals surface area (Å²) in [4.78, 5) is 0. The summed E-state index contributed by atoms with van der Waals surface area (Å²) in [5, 5.41) is 0. The fraction of sp³-hybridized carbons (Fsp3) is 1.00. The minimum absolute atomic E-state index is 0.0721. The van der Waals surface area contributed by atoms with Gasteiger partial charge in [-0.05, 0) is 12.8 Å². The minimum Gasteiger partial charge on any atom is -0.373 e. The van der Waals surface area contributed by atoms with E-state index in [1.54, 1.807) is 0 Å². The molecule has 2 heterocycles. The minimum atomic E-state index is 0.0721. The Labute approximate surface area is 180 Å². The summed E-state index contributed by atoms with van der Waals surface area (Å²) in [6.45, 7) is 7.33. The highest BCUT2D eigenvalue weighted by Crippen LogP contribution is 2.30. The highest BCUT2D eigenvalue weighted by atomic mass is 16.6. The van der Waals surface area contributed by atoms with Gasteiger partial charge in [-0.25, -0.2) is 0 Å². The van der Waals surface area contributed by atoms with Gasteiger partial charge in [-0.2, -0.15) is 0 Å². The van der Waals surface area contributed by atoms with Crippen molar-refractivity contribution < 1.29 is 18.9 Å². The van der Waals surface area contributed by atoms with E-state index in [4.69, 9.17) is 18.9 Å². The summed E-state index contributed by atoms with van der Waals surface area (Å²) in [6.07, 6.45) is 20.8. The summed E-state index contributed by atoms with van der Waals surface area (Å²) < 4.78 is 23.7. The lowest BCUT2D eigenvalue weighted by Crippen LogP contribution is -2.34. The molecule has 29 heavy (non-hydrogen) atoms. The van der Waals surface area contributed by atoms with Crippen LogP contribution in [0, 0.1) is 0 Å². The van der Waals surface area contributed by atoms with Gasteiger partial charge >= 0.3 is 0 Å². The first kappa shape index (κ1) is 25.1. The first-order valence-electron chi connectivity index (χ1n) is 12.8. The van der Waals surface area contributed by atoms with E-state index in [0.29, 0.717) is 13.2 Å². The Bertz CT molecular complexity index is 376. The molecule has 2 saturated heterocycles. The zero-order valence-electron chi connectivity index (χ0n) is 19.4. The second-order valence-electron chi connectivity index (χ2n) is 9.01. The van der Waals surface area contributed by atoms with E-state index in [1.807, 2.05) is 0 Å². The van der Waals surface area contributed by atoms with E-state index in [2.05, 4.69) is 13.8 Å². The second-order valence-corrected chi connectivity index (χ2v) is 9.01. The zero-order valence-corrected chi connectivity index (χ0v) is 19.4. The second kappa shape index (κ2) is 16.5. The maximum Gasteiger partial charge on any atom is 0.115 e. The van der Waals surface area contributed by atoms with Crippen molar-refractivity contribution in [1.29, 1.82) is 0 Å². The molecule has 172 valence electrons. The highest BCUT2D eigenvalue weighted by Gasteiger charge is 2.48. The van der Waals surface area contributed by atoms with Crippen LogP contribution >= 0.6 is 0 Å². The van der Waals surface area contributed by atoms with Crippen LogP contribution in [-0.4, -0.2) is 50.8 Å². The third-order valence-electron chi connectivity index (χ3n) is 6.33. The Morgan fingerprint density at radius 1 is 0.517 bits per heavy atom. The monoisotopic (exact) mass is 412 g/mol. The maximum atomic E-state index is 6.07. The Kier molecular flexibility index (Phi) is 14.3.